The second-order valence-electron chi connectivity index (χ2n) is 6.51. The fourth-order valence-electron chi connectivity index (χ4n) is 3.49. The number of thiophene rings is 1. The Morgan fingerprint density at radius 1 is 1.38 bits per heavy atom. The van der Waals surface area contributed by atoms with E-state index in [1.54, 1.807) is 12.1 Å². The highest BCUT2D eigenvalue weighted by Gasteiger charge is 2.29. The van der Waals surface area contributed by atoms with E-state index in [2.05, 4.69) is 31.0 Å². The van der Waals surface area contributed by atoms with Gasteiger partial charge in [0.2, 0.25) is 10.0 Å². The van der Waals surface area contributed by atoms with E-state index in [0.717, 1.165) is 42.3 Å². The summed E-state index contributed by atoms with van der Waals surface area (Å²) in [7, 11) is -3.63. The first-order valence-corrected chi connectivity index (χ1v) is 11.4. The molecule has 0 amide bonds. The molecule has 3 N–H and O–H groups in total. The van der Waals surface area contributed by atoms with Crippen LogP contribution >= 0.6 is 35.3 Å². The zero-order valence-corrected chi connectivity index (χ0v) is 19.7. The molecule has 1 unspecified atom stereocenters. The van der Waals surface area contributed by atoms with Crippen LogP contribution in [0.2, 0.25) is 0 Å². The minimum absolute atomic E-state index is 0. The SMILES string of the molecule is CCNC(=NCc1ccc(S(N)(=O)=O)s1)N1CCC(C(CC)CC)C1.I. The number of hydrogen-bond acceptors (Lipinski definition) is 4. The summed E-state index contributed by atoms with van der Waals surface area (Å²) in [5.41, 5.74) is 0. The number of hydrogen-bond donors (Lipinski definition) is 2. The molecule has 9 heteroatoms. The topological polar surface area (TPSA) is 87.8 Å². The van der Waals surface area contributed by atoms with Crippen molar-refractivity contribution in [2.75, 3.05) is 19.6 Å². The van der Waals surface area contributed by atoms with E-state index in [4.69, 9.17) is 10.1 Å². The van der Waals surface area contributed by atoms with Crippen molar-refractivity contribution >= 4 is 51.3 Å². The van der Waals surface area contributed by atoms with Crippen LogP contribution in [0.25, 0.3) is 0 Å². The molecule has 1 fully saturated rings. The third kappa shape index (κ3) is 6.35. The van der Waals surface area contributed by atoms with Crippen LogP contribution in [0, 0.1) is 11.8 Å². The molecule has 1 aromatic rings. The Labute approximate surface area is 178 Å². The Bertz CT molecular complexity index is 687. The number of nitrogens with two attached hydrogens (primary N) is 1. The zero-order valence-electron chi connectivity index (χ0n) is 15.8. The van der Waals surface area contributed by atoms with Gasteiger partial charge >= 0.3 is 0 Å². The third-order valence-electron chi connectivity index (χ3n) is 4.88. The molecule has 1 aliphatic heterocycles. The van der Waals surface area contributed by atoms with Gasteiger partial charge in [0.1, 0.15) is 4.21 Å². The summed E-state index contributed by atoms with van der Waals surface area (Å²) < 4.78 is 23.0. The first-order valence-electron chi connectivity index (χ1n) is 9.03. The van der Waals surface area contributed by atoms with Crippen LogP contribution < -0.4 is 10.5 Å². The lowest BCUT2D eigenvalue weighted by molar-refractivity contribution is 0.319. The number of sulfonamides is 1. The van der Waals surface area contributed by atoms with Crippen LogP contribution in [0.1, 0.15) is 44.9 Å². The van der Waals surface area contributed by atoms with Crippen LogP contribution in [0.5, 0.6) is 0 Å². The first kappa shape index (κ1) is 23.6. The monoisotopic (exact) mass is 514 g/mol. The van der Waals surface area contributed by atoms with Crippen molar-refractivity contribution < 1.29 is 8.42 Å². The van der Waals surface area contributed by atoms with Gasteiger partial charge in [0.15, 0.2) is 5.96 Å². The van der Waals surface area contributed by atoms with Gasteiger partial charge < -0.3 is 10.2 Å². The minimum atomic E-state index is -3.63. The van der Waals surface area contributed by atoms with E-state index in [9.17, 15) is 8.42 Å². The van der Waals surface area contributed by atoms with Crippen LogP contribution in [0.4, 0.5) is 0 Å². The molecule has 26 heavy (non-hydrogen) atoms. The first-order chi connectivity index (χ1) is 11.9. The maximum atomic E-state index is 11.4. The van der Waals surface area contributed by atoms with Crippen molar-refractivity contribution in [2.45, 2.75) is 50.8 Å². The van der Waals surface area contributed by atoms with Gasteiger partial charge in [-0.3, -0.25) is 0 Å². The molecular weight excluding hydrogens is 483 g/mol. The van der Waals surface area contributed by atoms with Gasteiger partial charge in [0, 0.05) is 24.5 Å². The summed E-state index contributed by atoms with van der Waals surface area (Å²) in [6, 6.07) is 3.34. The predicted octanol–water partition coefficient (Wildman–Crippen LogP) is 3.24. The number of likely N-dealkylation sites (tertiary alicyclic amines) is 1. The molecule has 1 saturated heterocycles. The van der Waals surface area contributed by atoms with Gasteiger partial charge in [0.25, 0.3) is 0 Å². The fourth-order valence-corrected chi connectivity index (χ4v) is 5.20. The fraction of sp³-hybridized carbons (Fsp3) is 0.706. The lowest BCUT2D eigenvalue weighted by Crippen LogP contribution is -2.40. The van der Waals surface area contributed by atoms with Crippen LogP contribution in [0.15, 0.2) is 21.3 Å². The van der Waals surface area contributed by atoms with Gasteiger partial charge in [0.05, 0.1) is 6.54 Å². The number of rotatable bonds is 7. The van der Waals surface area contributed by atoms with Gasteiger partial charge in [-0.15, -0.1) is 35.3 Å². The summed E-state index contributed by atoms with van der Waals surface area (Å²) in [4.78, 5) is 7.95. The average molecular weight is 514 g/mol. The molecule has 150 valence electrons. The van der Waals surface area contributed by atoms with E-state index in [1.807, 2.05) is 0 Å². The Hall–Kier alpha value is -0.390. The number of primary sulfonamides is 1. The highest BCUT2D eigenvalue weighted by atomic mass is 127. The van der Waals surface area contributed by atoms with Crippen molar-refractivity contribution in [3.63, 3.8) is 0 Å². The Kier molecular flexibility index (Phi) is 9.84. The third-order valence-corrected chi connectivity index (χ3v) is 7.39. The second-order valence-corrected chi connectivity index (χ2v) is 9.46. The number of nitrogens with one attached hydrogen (secondary N) is 1. The number of aliphatic imine (C=N–C) groups is 1. The molecule has 0 bridgehead atoms. The van der Waals surface area contributed by atoms with Crippen molar-refractivity contribution in [2.24, 2.45) is 22.0 Å². The molecule has 0 spiro atoms. The lowest BCUT2D eigenvalue weighted by atomic mass is 9.87. The van der Waals surface area contributed by atoms with Gasteiger partial charge in [-0.1, -0.05) is 26.7 Å². The molecule has 1 aromatic heterocycles. The molecule has 6 nitrogen and oxygen atoms in total. The van der Waals surface area contributed by atoms with E-state index in [-0.39, 0.29) is 28.2 Å². The molecule has 2 heterocycles. The molecule has 0 radical (unpaired) electrons. The predicted molar refractivity (Wildman–Crippen MR) is 120 cm³/mol. The van der Waals surface area contributed by atoms with Gasteiger partial charge in [-0.05, 0) is 37.3 Å². The quantitative estimate of drug-likeness (QED) is 0.332. The minimum Gasteiger partial charge on any atom is -0.357 e. The summed E-state index contributed by atoms with van der Waals surface area (Å²) in [6.07, 6.45) is 3.67. The molecule has 0 saturated carbocycles. The summed E-state index contributed by atoms with van der Waals surface area (Å²) in [6.45, 7) is 9.97. The van der Waals surface area contributed by atoms with Gasteiger partial charge in [-0.25, -0.2) is 18.5 Å². The Morgan fingerprint density at radius 3 is 2.62 bits per heavy atom. The second kappa shape index (κ2) is 10.8. The van der Waals surface area contributed by atoms with Crippen LogP contribution in [-0.2, 0) is 16.6 Å². The summed E-state index contributed by atoms with van der Waals surface area (Å²) in [5, 5.41) is 8.53. The summed E-state index contributed by atoms with van der Waals surface area (Å²) in [5.74, 6) is 2.43. The Morgan fingerprint density at radius 2 is 2.08 bits per heavy atom. The normalized spacial score (nSPS) is 18.3. The number of guanidine groups is 1. The molecule has 0 aromatic carbocycles. The Balaban J connectivity index is 0.00000338. The summed E-state index contributed by atoms with van der Waals surface area (Å²) >= 11 is 1.19. The van der Waals surface area contributed by atoms with Crippen LogP contribution in [-0.4, -0.2) is 38.9 Å². The lowest BCUT2D eigenvalue weighted by Gasteiger charge is -2.24. The number of halogens is 1. The zero-order chi connectivity index (χ0) is 18.4. The molecule has 2 rings (SSSR count). The average Bonchev–Trinajstić information content (AvgIpc) is 3.22. The smallest absolute Gasteiger partial charge is 0.247 e. The maximum absolute atomic E-state index is 11.4. The molecule has 1 atom stereocenters. The molecule has 1 aliphatic rings. The van der Waals surface area contributed by atoms with E-state index >= 15 is 0 Å². The maximum Gasteiger partial charge on any atom is 0.247 e. The standard InChI is InChI=1S/C17H30N4O2S2.HI/c1-4-13(5-2)14-9-10-21(12-14)17(19-6-3)20-11-15-7-8-16(24-15)25(18,22)23;/h7-8,13-14H,4-6,9-12H2,1-3H3,(H,19,20)(H2,18,22,23);1H. The molecular formula is C17H31IN4O2S2. The largest absolute Gasteiger partial charge is 0.357 e. The number of nitrogens with zero attached hydrogens (tertiary/aromatic N) is 2. The highest BCUT2D eigenvalue weighted by molar-refractivity contribution is 14.0. The van der Waals surface area contributed by atoms with E-state index in [0.29, 0.717) is 6.54 Å². The van der Waals surface area contributed by atoms with E-state index < -0.39 is 10.0 Å². The van der Waals surface area contributed by atoms with Crippen molar-refractivity contribution in [1.29, 1.82) is 0 Å². The van der Waals surface area contributed by atoms with Crippen LogP contribution in [0.3, 0.4) is 0 Å². The van der Waals surface area contributed by atoms with Crippen molar-refractivity contribution in [3.8, 4) is 0 Å². The van der Waals surface area contributed by atoms with Crippen molar-refractivity contribution in [3.05, 3.63) is 17.0 Å². The van der Waals surface area contributed by atoms with E-state index in [1.165, 1.54) is 30.6 Å². The van der Waals surface area contributed by atoms with Crippen molar-refractivity contribution in [1.82, 2.24) is 10.2 Å². The van der Waals surface area contributed by atoms with Gasteiger partial charge in [-0.2, -0.15) is 0 Å². The highest BCUT2D eigenvalue weighted by Crippen LogP contribution is 2.29. The molecule has 0 aliphatic carbocycles.